The first kappa shape index (κ1) is 15.1. The molecule has 2 N–H and O–H groups in total. The Balaban J connectivity index is 2.65. The summed E-state index contributed by atoms with van der Waals surface area (Å²) in [5, 5.41) is 11.6. The first-order valence-corrected chi connectivity index (χ1v) is 6.76. The number of carboxylic acid groups (broad SMARTS) is 1. The third-order valence-corrected chi connectivity index (χ3v) is 3.91. The Labute approximate surface area is 117 Å². The van der Waals surface area contributed by atoms with Crippen molar-refractivity contribution in [3.63, 3.8) is 0 Å². The SMILES string of the molecule is COCC(C)(NC(=O)Cc1ccc(Br)s1)C(=O)O. The van der Waals surface area contributed by atoms with E-state index in [1.54, 1.807) is 0 Å². The fraction of sp³-hybridized carbons (Fsp3) is 0.455. The molecule has 0 radical (unpaired) electrons. The van der Waals surface area contributed by atoms with E-state index in [0.29, 0.717) is 0 Å². The Kier molecular flexibility index (Phi) is 5.30. The van der Waals surface area contributed by atoms with Gasteiger partial charge in [0.1, 0.15) is 0 Å². The number of rotatable bonds is 6. The minimum atomic E-state index is -1.40. The van der Waals surface area contributed by atoms with E-state index in [2.05, 4.69) is 21.2 Å². The van der Waals surface area contributed by atoms with E-state index in [-0.39, 0.29) is 18.9 Å². The van der Waals surface area contributed by atoms with Gasteiger partial charge in [-0.1, -0.05) is 0 Å². The largest absolute Gasteiger partial charge is 0.479 e. The van der Waals surface area contributed by atoms with Gasteiger partial charge >= 0.3 is 5.97 Å². The maximum absolute atomic E-state index is 11.8. The van der Waals surface area contributed by atoms with Gasteiger partial charge in [-0.2, -0.15) is 0 Å². The van der Waals surface area contributed by atoms with Crippen LogP contribution in [0.2, 0.25) is 0 Å². The number of thiophene rings is 1. The summed E-state index contributed by atoms with van der Waals surface area (Å²) in [6.07, 6.45) is 0.156. The van der Waals surface area contributed by atoms with Gasteiger partial charge in [0, 0.05) is 12.0 Å². The van der Waals surface area contributed by atoms with Crippen LogP contribution >= 0.6 is 27.3 Å². The van der Waals surface area contributed by atoms with Crippen molar-refractivity contribution in [2.45, 2.75) is 18.9 Å². The van der Waals surface area contributed by atoms with E-state index in [0.717, 1.165) is 8.66 Å². The molecule has 0 aliphatic heterocycles. The number of nitrogens with one attached hydrogen (secondary N) is 1. The first-order valence-electron chi connectivity index (χ1n) is 5.15. The predicted molar refractivity (Wildman–Crippen MR) is 71.8 cm³/mol. The van der Waals surface area contributed by atoms with Gasteiger partial charge in [-0.3, -0.25) is 4.79 Å². The van der Waals surface area contributed by atoms with Crippen LogP contribution < -0.4 is 5.32 Å². The van der Waals surface area contributed by atoms with Crippen LogP contribution in [0.5, 0.6) is 0 Å². The monoisotopic (exact) mass is 335 g/mol. The van der Waals surface area contributed by atoms with Crippen molar-refractivity contribution in [2.24, 2.45) is 0 Å². The molecule has 1 unspecified atom stereocenters. The molecule has 0 fully saturated rings. The van der Waals surface area contributed by atoms with Crippen molar-refractivity contribution < 1.29 is 19.4 Å². The van der Waals surface area contributed by atoms with Crippen LogP contribution in [0.15, 0.2) is 15.9 Å². The van der Waals surface area contributed by atoms with E-state index in [4.69, 9.17) is 9.84 Å². The minimum Gasteiger partial charge on any atom is -0.479 e. The summed E-state index contributed by atoms with van der Waals surface area (Å²) >= 11 is 4.75. The zero-order chi connectivity index (χ0) is 13.8. The van der Waals surface area contributed by atoms with Gasteiger partial charge in [0.2, 0.25) is 5.91 Å². The van der Waals surface area contributed by atoms with Gasteiger partial charge in [0.15, 0.2) is 5.54 Å². The highest BCUT2D eigenvalue weighted by Crippen LogP contribution is 2.22. The lowest BCUT2D eigenvalue weighted by Crippen LogP contribution is -2.55. The summed E-state index contributed by atoms with van der Waals surface area (Å²) in [5.41, 5.74) is -1.40. The van der Waals surface area contributed by atoms with Crippen molar-refractivity contribution in [3.05, 3.63) is 20.8 Å². The van der Waals surface area contributed by atoms with Gasteiger partial charge in [0.05, 0.1) is 16.8 Å². The second-order valence-electron chi connectivity index (χ2n) is 4.00. The number of ether oxygens (including phenoxy) is 1. The van der Waals surface area contributed by atoms with E-state index < -0.39 is 11.5 Å². The highest BCUT2D eigenvalue weighted by Gasteiger charge is 2.34. The molecule has 0 aliphatic rings. The molecule has 5 nitrogen and oxygen atoms in total. The molecule has 100 valence electrons. The van der Waals surface area contributed by atoms with Crippen LogP contribution in [0, 0.1) is 0 Å². The van der Waals surface area contributed by atoms with Gasteiger partial charge < -0.3 is 15.2 Å². The first-order chi connectivity index (χ1) is 8.37. The molecule has 0 aliphatic carbocycles. The summed E-state index contributed by atoms with van der Waals surface area (Å²) in [7, 11) is 1.39. The highest BCUT2D eigenvalue weighted by atomic mass is 79.9. The number of amides is 1. The van der Waals surface area contributed by atoms with E-state index in [1.165, 1.54) is 25.4 Å². The number of aliphatic carboxylic acids is 1. The second-order valence-corrected chi connectivity index (χ2v) is 6.55. The van der Waals surface area contributed by atoms with Crippen LogP contribution in [0.3, 0.4) is 0 Å². The second kappa shape index (κ2) is 6.31. The molecule has 1 aromatic rings. The van der Waals surface area contributed by atoms with Crippen molar-refractivity contribution in [1.82, 2.24) is 5.32 Å². The quantitative estimate of drug-likeness (QED) is 0.828. The predicted octanol–water partition coefficient (Wildman–Crippen LogP) is 1.66. The Bertz CT molecular complexity index is 448. The molecule has 1 aromatic heterocycles. The standard InChI is InChI=1S/C11H14BrNO4S/c1-11(6-17-2,10(15)16)13-9(14)5-7-3-4-8(12)18-7/h3-4H,5-6H2,1-2H3,(H,13,14)(H,15,16). The maximum Gasteiger partial charge on any atom is 0.331 e. The average Bonchev–Trinajstić information content (AvgIpc) is 2.63. The number of halogens is 1. The van der Waals surface area contributed by atoms with Crippen LogP contribution in [-0.2, 0) is 20.7 Å². The molecule has 1 heterocycles. The summed E-state index contributed by atoms with van der Waals surface area (Å²) < 4.78 is 5.76. The van der Waals surface area contributed by atoms with Crippen LogP contribution in [0.4, 0.5) is 0 Å². The molecule has 0 saturated heterocycles. The molecule has 18 heavy (non-hydrogen) atoms. The van der Waals surface area contributed by atoms with Gasteiger partial charge in [0.25, 0.3) is 0 Å². The zero-order valence-electron chi connectivity index (χ0n) is 10.0. The number of methoxy groups -OCH3 is 1. The molecule has 1 amide bonds. The summed E-state index contributed by atoms with van der Waals surface area (Å²) in [6.45, 7) is 1.34. The van der Waals surface area contributed by atoms with Crippen LogP contribution in [0.25, 0.3) is 0 Å². The van der Waals surface area contributed by atoms with E-state index in [9.17, 15) is 9.59 Å². The lowest BCUT2D eigenvalue weighted by molar-refractivity contribution is -0.149. The zero-order valence-corrected chi connectivity index (χ0v) is 12.4. The smallest absolute Gasteiger partial charge is 0.331 e. The number of carbonyl (C=O) groups excluding carboxylic acids is 1. The molecule has 0 spiro atoms. The Morgan fingerprint density at radius 2 is 2.22 bits per heavy atom. The maximum atomic E-state index is 11.8. The third-order valence-electron chi connectivity index (χ3n) is 2.28. The Morgan fingerprint density at radius 1 is 1.56 bits per heavy atom. The van der Waals surface area contributed by atoms with E-state index >= 15 is 0 Å². The van der Waals surface area contributed by atoms with Crippen molar-refractivity contribution >= 4 is 39.1 Å². The Morgan fingerprint density at radius 3 is 2.67 bits per heavy atom. The number of hydrogen-bond acceptors (Lipinski definition) is 4. The fourth-order valence-corrected chi connectivity index (χ4v) is 2.88. The minimum absolute atomic E-state index is 0.0811. The summed E-state index contributed by atoms with van der Waals surface area (Å²) in [5.74, 6) is -1.46. The van der Waals surface area contributed by atoms with Gasteiger partial charge in [-0.25, -0.2) is 4.79 Å². The normalized spacial score (nSPS) is 13.9. The molecule has 0 aromatic carbocycles. The molecule has 1 rings (SSSR count). The molecule has 7 heteroatoms. The van der Waals surface area contributed by atoms with Crippen LogP contribution in [0.1, 0.15) is 11.8 Å². The molecule has 0 bridgehead atoms. The van der Waals surface area contributed by atoms with Gasteiger partial charge in [-0.15, -0.1) is 11.3 Å². The van der Waals surface area contributed by atoms with Crippen molar-refractivity contribution in [3.8, 4) is 0 Å². The van der Waals surface area contributed by atoms with E-state index in [1.807, 2.05) is 12.1 Å². The summed E-state index contributed by atoms with van der Waals surface area (Å²) in [6, 6.07) is 3.67. The topological polar surface area (TPSA) is 75.6 Å². The molecule has 0 saturated carbocycles. The molecular formula is C11H14BrNO4S. The summed E-state index contributed by atoms with van der Waals surface area (Å²) in [4.78, 5) is 23.7. The Hall–Kier alpha value is -0.920. The lowest BCUT2D eigenvalue weighted by Gasteiger charge is -2.25. The lowest BCUT2D eigenvalue weighted by atomic mass is 10.0. The van der Waals surface area contributed by atoms with Crippen molar-refractivity contribution in [2.75, 3.05) is 13.7 Å². The highest BCUT2D eigenvalue weighted by molar-refractivity contribution is 9.11. The fourth-order valence-electron chi connectivity index (χ4n) is 1.40. The van der Waals surface area contributed by atoms with Gasteiger partial charge in [-0.05, 0) is 35.0 Å². The van der Waals surface area contributed by atoms with Crippen LogP contribution in [-0.4, -0.2) is 36.2 Å². The average molecular weight is 336 g/mol. The van der Waals surface area contributed by atoms with Crippen molar-refractivity contribution in [1.29, 1.82) is 0 Å². The molecule has 1 atom stereocenters. The third kappa shape index (κ3) is 4.08. The number of carboxylic acids is 1. The molecular weight excluding hydrogens is 322 g/mol. The number of hydrogen-bond donors (Lipinski definition) is 2. The number of carbonyl (C=O) groups is 2.